The van der Waals surface area contributed by atoms with Crippen LogP contribution in [0.4, 0.5) is 0 Å². The Hall–Kier alpha value is -3.67. The van der Waals surface area contributed by atoms with Gasteiger partial charge in [-0.15, -0.1) is 0 Å². The van der Waals surface area contributed by atoms with Crippen LogP contribution in [0.25, 0.3) is 0 Å². The van der Waals surface area contributed by atoms with Gasteiger partial charge in [0.15, 0.2) is 6.10 Å². The summed E-state index contributed by atoms with van der Waals surface area (Å²) in [5.74, 6) is -1.02. The van der Waals surface area contributed by atoms with E-state index in [1.807, 2.05) is 12.2 Å². The normalized spacial score (nSPS) is 12.9. The summed E-state index contributed by atoms with van der Waals surface area (Å²) >= 11 is 0. The Labute approximate surface area is 375 Å². The van der Waals surface area contributed by atoms with Gasteiger partial charge in [-0.25, -0.2) is 0 Å². The van der Waals surface area contributed by atoms with Crippen molar-refractivity contribution in [3.63, 3.8) is 0 Å². The predicted molar refractivity (Wildman–Crippen MR) is 260 cm³/mol. The maximum Gasteiger partial charge on any atom is 0.306 e. The molecule has 0 saturated heterocycles. The molecule has 0 spiro atoms. The van der Waals surface area contributed by atoms with Crippen molar-refractivity contribution in [2.75, 3.05) is 13.2 Å². The average Bonchev–Trinajstić information content (AvgIpc) is 3.26. The van der Waals surface area contributed by atoms with Gasteiger partial charge < -0.3 is 14.2 Å². The van der Waals surface area contributed by atoms with Gasteiger partial charge >= 0.3 is 17.9 Å². The molecule has 346 valence electrons. The lowest BCUT2D eigenvalue weighted by molar-refractivity contribution is -0.166. The van der Waals surface area contributed by atoms with Crippen molar-refractivity contribution in [2.24, 2.45) is 0 Å². The molecule has 6 nitrogen and oxygen atoms in total. The molecule has 0 aliphatic heterocycles. The molecule has 0 rings (SSSR count). The lowest BCUT2D eigenvalue weighted by Crippen LogP contribution is -2.30. The lowest BCUT2D eigenvalue weighted by Gasteiger charge is -2.18. The van der Waals surface area contributed by atoms with Gasteiger partial charge in [0.05, 0.1) is 0 Å². The second-order valence-corrected chi connectivity index (χ2v) is 16.0. The molecule has 0 N–H and O–H groups in total. The second kappa shape index (κ2) is 49.0. The highest BCUT2D eigenvalue weighted by Crippen LogP contribution is 2.13. The van der Waals surface area contributed by atoms with Gasteiger partial charge in [-0.3, -0.25) is 14.4 Å². The van der Waals surface area contributed by atoms with E-state index in [0.717, 1.165) is 103 Å². The van der Waals surface area contributed by atoms with E-state index in [-0.39, 0.29) is 37.5 Å². The first kappa shape index (κ1) is 57.3. The fourth-order valence-corrected chi connectivity index (χ4v) is 6.38. The predicted octanol–water partition coefficient (Wildman–Crippen LogP) is 16.2. The Morgan fingerprint density at radius 3 is 1.13 bits per heavy atom. The van der Waals surface area contributed by atoms with Gasteiger partial charge in [0.25, 0.3) is 0 Å². The third kappa shape index (κ3) is 47.2. The van der Waals surface area contributed by atoms with Gasteiger partial charge in [0, 0.05) is 19.3 Å². The number of carbonyl (C=O) groups excluding carboxylic acids is 3. The zero-order chi connectivity index (χ0) is 44.4. The van der Waals surface area contributed by atoms with E-state index in [1.165, 1.54) is 64.2 Å². The van der Waals surface area contributed by atoms with Gasteiger partial charge in [-0.05, 0) is 89.9 Å². The van der Waals surface area contributed by atoms with Gasteiger partial charge in [-0.2, -0.15) is 0 Å². The van der Waals surface area contributed by atoms with E-state index >= 15 is 0 Å². The summed E-state index contributed by atoms with van der Waals surface area (Å²) in [6, 6.07) is 0. The molecule has 6 heteroatoms. The third-order valence-corrected chi connectivity index (χ3v) is 10.1. The largest absolute Gasteiger partial charge is 0.462 e. The van der Waals surface area contributed by atoms with Crippen LogP contribution in [0.3, 0.4) is 0 Å². The third-order valence-electron chi connectivity index (χ3n) is 10.1. The molecule has 0 unspecified atom stereocenters. The van der Waals surface area contributed by atoms with Crippen LogP contribution < -0.4 is 0 Å². The van der Waals surface area contributed by atoms with Crippen molar-refractivity contribution in [2.45, 2.75) is 219 Å². The summed E-state index contributed by atoms with van der Waals surface area (Å²) < 4.78 is 16.7. The summed E-state index contributed by atoms with van der Waals surface area (Å²) in [6.45, 7) is 6.38. The van der Waals surface area contributed by atoms with Gasteiger partial charge in [-0.1, -0.05) is 201 Å². The first-order valence-corrected chi connectivity index (χ1v) is 24.7. The average molecular weight is 847 g/mol. The molecule has 0 aromatic heterocycles. The zero-order valence-corrected chi connectivity index (χ0v) is 39.4. The van der Waals surface area contributed by atoms with E-state index in [4.69, 9.17) is 14.2 Å². The number of unbranched alkanes of at least 4 members (excludes halogenated alkanes) is 16. The molecule has 0 aliphatic carbocycles. The minimum absolute atomic E-state index is 0.107. The standard InChI is InChI=1S/C55H90O6/c1-4-7-10-13-16-19-21-23-25-26-27-28-30-31-33-36-39-42-45-48-54(57)60-51-52(50-59-53(56)47-44-41-38-35-18-15-12-9-6-3)61-55(58)49-46-43-40-37-34-32-29-24-22-20-17-14-11-8-5-2/h7,10,16-17,19-20,23-25,27-29,31,33,39,42,52H,4-6,8-9,11-15,18,21-22,26,30,32,34-38,40-41,43-51H2,1-3H3/b10-7-,19-16-,20-17-,25-23-,28-27-,29-24-,33-31-,42-39-/t52-/m1/s1. The number of hydrogen-bond donors (Lipinski definition) is 0. The summed E-state index contributed by atoms with van der Waals surface area (Å²) in [6.07, 6.45) is 64.0. The molecular formula is C55H90O6. The van der Waals surface area contributed by atoms with Crippen LogP contribution in [0, 0.1) is 0 Å². The Morgan fingerprint density at radius 2 is 0.672 bits per heavy atom. The lowest BCUT2D eigenvalue weighted by atomic mass is 10.1. The number of esters is 3. The first-order chi connectivity index (χ1) is 30.0. The van der Waals surface area contributed by atoms with Crippen LogP contribution >= 0.6 is 0 Å². The molecule has 0 aromatic rings. The molecule has 0 aromatic carbocycles. The Balaban J connectivity index is 4.49. The fourth-order valence-electron chi connectivity index (χ4n) is 6.38. The van der Waals surface area contributed by atoms with E-state index in [9.17, 15) is 14.4 Å². The Bertz CT molecular complexity index is 1250. The second-order valence-electron chi connectivity index (χ2n) is 16.0. The SMILES string of the molecule is CC/C=C\C/C=C\C/C=C\C/C=C\C/C=C\C/C=C\CCC(=O)OC[C@@H](COC(=O)CCCCCCCCCCC)OC(=O)CCCCCCC/C=C\C/C=C\CCCCC. The molecule has 0 saturated carbocycles. The molecule has 0 radical (unpaired) electrons. The van der Waals surface area contributed by atoms with E-state index < -0.39 is 6.10 Å². The summed E-state index contributed by atoms with van der Waals surface area (Å²) in [5, 5.41) is 0. The van der Waals surface area contributed by atoms with Crippen LogP contribution in [0.15, 0.2) is 97.2 Å². The molecule has 0 aliphatic rings. The van der Waals surface area contributed by atoms with Crippen molar-refractivity contribution >= 4 is 17.9 Å². The number of allylic oxidation sites excluding steroid dienone is 16. The highest BCUT2D eigenvalue weighted by atomic mass is 16.6. The smallest absolute Gasteiger partial charge is 0.306 e. The quantitative estimate of drug-likeness (QED) is 0.0263. The van der Waals surface area contributed by atoms with E-state index in [2.05, 4.69) is 106 Å². The number of carbonyl (C=O) groups is 3. The number of rotatable bonds is 43. The molecule has 0 bridgehead atoms. The maximum atomic E-state index is 12.8. The Kier molecular flexibility index (Phi) is 46.0. The summed E-state index contributed by atoms with van der Waals surface area (Å²) in [4.78, 5) is 37.8. The van der Waals surface area contributed by atoms with Gasteiger partial charge in [0.1, 0.15) is 13.2 Å². The van der Waals surface area contributed by atoms with Crippen LogP contribution in [0.5, 0.6) is 0 Å². The van der Waals surface area contributed by atoms with Crippen molar-refractivity contribution in [3.8, 4) is 0 Å². The van der Waals surface area contributed by atoms with Crippen molar-refractivity contribution in [1.82, 2.24) is 0 Å². The first-order valence-electron chi connectivity index (χ1n) is 24.7. The minimum atomic E-state index is -0.813. The molecule has 0 heterocycles. The molecule has 61 heavy (non-hydrogen) atoms. The van der Waals surface area contributed by atoms with E-state index in [0.29, 0.717) is 19.3 Å². The molecular weight excluding hydrogens is 757 g/mol. The van der Waals surface area contributed by atoms with Gasteiger partial charge in [0.2, 0.25) is 0 Å². The van der Waals surface area contributed by atoms with Crippen LogP contribution in [0.1, 0.15) is 213 Å². The van der Waals surface area contributed by atoms with Crippen LogP contribution in [-0.2, 0) is 28.6 Å². The number of hydrogen-bond acceptors (Lipinski definition) is 6. The van der Waals surface area contributed by atoms with Crippen LogP contribution in [-0.4, -0.2) is 37.2 Å². The minimum Gasteiger partial charge on any atom is -0.462 e. The fraction of sp³-hybridized carbons (Fsp3) is 0.655. The number of ether oxygens (including phenoxy) is 3. The highest BCUT2D eigenvalue weighted by Gasteiger charge is 2.19. The highest BCUT2D eigenvalue weighted by molar-refractivity contribution is 5.71. The summed E-state index contributed by atoms with van der Waals surface area (Å²) in [5.41, 5.74) is 0. The Morgan fingerprint density at radius 1 is 0.344 bits per heavy atom. The molecule has 0 fully saturated rings. The molecule has 0 amide bonds. The van der Waals surface area contributed by atoms with Crippen LogP contribution in [0.2, 0.25) is 0 Å². The van der Waals surface area contributed by atoms with Crippen molar-refractivity contribution in [3.05, 3.63) is 97.2 Å². The molecule has 1 atom stereocenters. The topological polar surface area (TPSA) is 78.9 Å². The maximum absolute atomic E-state index is 12.8. The van der Waals surface area contributed by atoms with Crippen molar-refractivity contribution in [1.29, 1.82) is 0 Å². The van der Waals surface area contributed by atoms with Crippen molar-refractivity contribution < 1.29 is 28.6 Å². The zero-order valence-electron chi connectivity index (χ0n) is 39.4. The monoisotopic (exact) mass is 847 g/mol. The summed E-state index contributed by atoms with van der Waals surface area (Å²) in [7, 11) is 0. The van der Waals surface area contributed by atoms with E-state index in [1.54, 1.807) is 0 Å².